The molecule has 51 heavy (non-hydrogen) atoms. The van der Waals surface area contributed by atoms with Gasteiger partial charge in [0.05, 0.1) is 30.4 Å². The van der Waals surface area contributed by atoms with E-state index < -0.39 is 59.0 Å². The molecule has 274 valence electrons. The molecule has 0 bridgehead atoms. The highest BCUT2D eigenvalue weighted by Crippen LogP contribution is 2.61. The number of carbonyl (C=O) groups is 5. The fourth-order valence-corrected chi connectivity index (χ4v) is 9.00. The zero-order chi connectivity index (χ0) is 36.1. The van der Waals surface area contributed by atoms with E-state index in [4.69, 9.17) is 14.2 Å². The van der Waals surface area contributed by atoms with Gasteiger partial charge in [0, 0.05) is 37.3 Å². The van der Waals surface area contributed by atoms with Gasteiger partial charge in [0.2, 0.25) is 11.8 Å². The van der Waals surface area contributed by atoms with Gasteiger partial charge in [-0.15, -0.1) is 0 Å². The Kier molecular flexibility index (Phi) is 9.32. The van der Waals surface area contributed by atoms with Crippen LogP contribution in [0, 0.1) is 17.7 Å². The summed E-state index contributed by atoms with van der Waals surface area (Å²) in [4.78, 5) is 74.8. The summed E-state index contributed by atoms with van der Waals surface area (Å²) in [7, 11) is -0.324. The van der Waals surface area contributed by atoms with Crippen molar-refractivity contribution in [2.24, 2.45) is 16.8 Å². The highest BCUT2D eigenvalue weighted by molar-refractivity contribution is 8.23. The molecule has 7 rings (SSSR count). The first-order valence-corrected chi connectivity index (χ1v) is 18.8. The van der Waals surface area contributed by atoms with E-state index in [0.29, 0.717) is 37.2 Å². The Morgan fingerprint density at radius 3 is 2.73 bits per heavy atom. The van der Waals surface area contributed by atoms with Gasteiger partial charge in [-0.3, -0.25) is 19.3 Å². The maximum atomic E-state index is 14.4. The summed E-state index contributed by atoms with van der Waals surface area (Å²) in [6.45, 7) is 5.85. The van der Waals surface area contributed by atoms with Crippen LogP contribution in [0.25, 0.3) is 0 Å². The van der Waals surface area contributed by atoms with Crippen LogP contribution in [0.4, 0.5) is 14.0 Å². The number of amides is 5. The van der Waals surface area contributed by atoms with E-state index in [1.165, 1.54) is 22.1 Å². The minimum Gasteiger partial charge on any atom is -0.444 e. The van der Waals surface area contributed by atoms with Crippen molar-refractivity contribution in [2.75, 3.05) is 19.8 Å². The molecule has 2 saturated carbocycles. The Hall–Kier alpha value is -4.11. The van der Waals surface area contributed by atoms with E-state index in [2.05, 4.69) is 20.4 Å². The Morgan fingerprint density at radius 1 is 1.20 bits per heavy atom. The van der Waals surface area contributed by atoms with Crippen molar-refractivity contribution in [2.45, 2.75) is 100 Å². The monoisotopic (exact) mass is 725 g/mol. The molecule has 0 radical (unpaired) electrons. The highest BCUT2D eigenvalue weighted by atomic mass is 32.2. The molecule has 2 aliphatic carbocycles. The van der Waals surface area contributed by atoms with Crippen molar-refractivity contribution in [1.82, 2.24) is 19.8 Å². The third-order valence-electron chi connectivity index (χ3n) is 10.2. The normalized spacial score (nSPS) is 31.6. The van der Waals surface area contributed by atoms with Crippen molar-refractivity contribution >= 4 is 52.2 Å². The van der Waals surface area contributed by atoms with Gasteiger partial charge < -0.3 is 29.1 Å². The Bertz CT molecular complexity index is 1740. The Morgan fingerprint density at radius 2 is 2.00 bits per heavy atom. The van der Waals surface area contributed by atoms with Crippen LogP contribution >= 0.6 is 10.7 Å². The maximum Gasteiger partial charge on any atom is 0.433 e. The van der Waals surface area contributed by atoms with Crippen molar-refractivity contribution in [3.8, 4) is 0 Å². The van der Waals surface area contributed by atoms with E-state index in [0.717, 1.165) is 12.8 Å². The van der Waals surface area contributed by atoms with Crippen LogP contribution in [0.3, 0.4) is 0 Å². The van der Waals surface area contributed by atoms with E-state index in [1.807, 2.05) is 12.2 Å². The molecule has 4 heterocycles. The van der Waals surface area contributed by atoms with Gasteiger partial charge in [0.15, 0.2) is 0 Å². The summed E-state index contributed by atoms with van der Waals surface area (Å²) < 4.78 is 34.6. The van der Waals surface area contributed by atoms with Crippen molar-refractivity contribution in [3.05, 3.63) is 47.3 Å². The third kappa shape index (κ3) is 7.59. The largest absolute Gasteiger partial charge is 0.444 e. The van der Waals surface area contributed by atoms with Gasteiger partial charge in [-0.1, -0.05) is 35.0 Å². The molecular formula is C36H44FN5O8S. The summed E-state index contributed by atoms with van der Waals surface area (Å²) >= 11 is 0. The predicted octanol–water partition coefficient (Wildman–Crippen LogP) is 3.76. The fraction of sp³-hybridized carbons (Fsp3) is 0.583. The van der Waals surface area contributed by atoms with Crippen LogP contribution in [0.2, 0.25) is 0 Å². The van der Waals surface area contributed by atoms with Crippen molar-refractivity contribution in [3.63, 3.8) is 0 Å². The minimum atomic E-state index is -1.19. The second-order valence-electron chi connectivity index (χ2n) is 15.2. The van der Waals surface area contributed by atoms with Gasteiger partial charge in [-0.2, -0.15) is 4.99 Å². The molecule has 6 atom stereocenters. The quantitative estimate of drug-likeness (QED) is 0.270. The van der Waals surface area contributed by atoms with E-state index in [-0.39, 0.29) is 59.7 Å². The molecule has 1 aromatic rings. The molecule has 0 aromatic heterocycles. The molecule has 1 spiro atoms. The van der Waals surface area contributed by atoms with Crippen LogP contribution in [0.1, 0.15) is 70.4 Å². The summed E-state index contributed by atoms with van der Waals surface area (Å²) in [5, 5.41) is 5.15. The number of halogens is 1. The van der Waals surface area contributed by atoms with E-state index in [9.17, 15) is 28.4 Å². The second kappa shape index (κ2) is 13.5. The molecule has 2 unspecified atom stereocenters. The molecule has 2 N–H and O–H groups in total. The van der Waals surface area contributed by atoms with Gasteiger partial charge in [-0.25, -0.2) is 14.0 Å². The lowest BCUT2D eigenvalue weighted by Gasteiger charge is -2.28. The number of ether oxygens (including phenoxy) is 3. The molecule has 13 nitrogen and oxygen atoms in total. The molecule has 3 fully saturated rings. The lowest BCUT2D eigenvalue weighted by molar-refractivity contribution is -0.141. The van der Waals surface area contributed by atoms with Gasteiger partial charge >= 0.3 is 12.2 Å². The average molecular weight is 726 g/mol. The molecule has 5 amide bonds. The molecule has 1 aromatic carbocycles. The molecule has 6 aliphatic rings. The van der Waals surface area contributed by atoms with Crippen LogP contribution in [-0.4, -0.2) is 99.1 Å². The Labute approximate surface area is 298 Å². The molecular weight excluding hydrogens is 681 g/mol. The summed E-state index contributed by atoms with van der Waals surface area (Å²) in [5.74, 6) is -2.88. The smallest absolute Gasteiger partial charge is 0.433 e. The first-order valence-electron chi connectivity index (χ1n) is 17.5. The first kappa shape index (κ1) is 35.3. The molecule has 1 saturated heterocycles. The average Bonchev–Trinajstić information content (AvgIpc) is 4.00. The number of nitrogens with one attached hydrogen (secondary N) is 2. The third-order valence-corrected chi connectivity index (χ3v) is 12.4. The number of aliphatic imine (C=N–C) groups is 1. The van der Waals surface area contributed by atoms with E-state index in [1.54, 1.807) is 32.9 Å². The molecule has 15 heteroatoms. The van der Waals surface area contributed by atoms with Crippen LogP contribution in [0.5, 0.6) is 0 Å². The van der Waals surface area contributed by atoms with Gasteiger partial charge in [-0.05, 0) is 69.9 Å². The highest BCUT2D eigenvalue weighted by Gasteiger charge is 2.63. The first-order chi connectivity index (χ1) is 24.3. The number of hydrogen-bond donors (Lipinski definition) is 2. The van der Waals surface area contributed by atoms with Crippen molar-refractivity contribution < 1.29 is 42.6 Å². The number of fused-ring (bicyclic) bond motifs is 3. The number of nitrogens with zero attached hydrogens (tertiary/aromatic N) is 3. The lowest BCUT2D eigenvalue weighted by atomic mass is 10.0. The number of carbonyl (C=O) groups excluding carboxylic acids is 5. The number of rotatable bonds is 4. The zero-order valence-electron chi connectivity index (χ0n) is 29.0. The topological polar surface area (TPSA) is 156 Å². The standard InChI is InChI=1S/C36H44FN5O8S/c1-34(2,3)50-32(46)38-17-22-8-5-13-48-14-6-9-24-16-36(24,31(45)40-51-21-35(51)11-12-35)39-29(43)28-15-25(19-42(28)30(22)44)49-33(47)41-18-23-7-4-10-27(37)26(23)20-41/h4,6-7,9-10,17,21-22,24-25,28H,5,8,11-16,18-20H2,1-3H3,(H,39,43)(H,40,45)/b9-6-,38-17?/t22?,24-,25-,28+,36-,51?/m1/s1. The SMILES string of the molecule is CC(C)(C)OC(=O)N=CC1CCCOC/C=C\[C@@H]2C[C@@]2(C(=O)NS2=CC23CC3)NC(=O)[C@@H]2C[C@@H](OC(=O)N3Cc4cccc(F)c4C3)CN2C1=O. The number of benzene rings is 1. The van der Waals surface area contributed by atoms with Crippen molar-refractivity contribution in [1.29, 1.82) is 0 Å². The van der Waals surface area contributed by atoms with Crippen LogP contribution in [-0.2, 0) is 41.7 Å². The maximum absolute atomic E-state index is 14.4. The lowest BCUT2D eigenvalue weighted by Crippen LogP contribution is -2.55. The summed E-state index contributed by atoms with van der Waals surface area (Å²) in [6, 6.07) is 3.60. The zero-order valence-corrected chi connectivity index (χ0v) is 29.8. The van der Waals surface area contributed by atoms with Gasteiger partial charge in [0.1, 0.15) is 29.1 Å². The summed E-state index contributed by atoms with van der Waals surface area (Å²) in [5.41, 5.74) is -0.878. The van der Waals surface area contributed by atoms with Gasteiger partial charge in [0.25, 0.3) is 5.91 Å². The Balaban J connectivity index is 1.12. The number of hydrogen-bond acceptors (Lipinski definition) is 8. The molecule has 4 aliphatic heterocycles. The fourth-order valence-electron chi connectivity index (χ4n) is 7.05. The van der Waals surface area contributed by atoms with E-state index >= 15 is 0 Å². The second-order valence-corrected chi connectivity index (χ2v) is 17.1. The predicted molar refractivity (Wildman–Crippen MR) is 186 cm³/mol. The van der Waals surface area contributed by atoms with Crippen LogP contribution < -0.4 is 10.0 Å². The van der Waals surface area contributed by atoms with Crippen LogP contribution in [0.15, 0.2) is 35.3 Å². The minimum absolute atomic E-state index is 0.0169. The summed E-state index contributed by atoms with van der Waals surface area (Å²) in [6.07, 6.45) is 5.75.